The molecule has 27 heavy (non-hydrogen) atoms. The molecule has 0 aliphatic carbocycles. The molecule has 2 amide bonds. The molecule has 3 N–H and O–H groups in total. The molecule has 6 nitrogen and oxygen atoms in total. The maximum Gasteiger partial charge on any atom is 0.326 e. The lowest BCUT2D eigenvalue weighted by atomic mass is 10.00. The molecule has 0 aliphatic rings. The van der Waals surface area contributed by atoms with Crippen molar-refractivity contribution >= 4 is 17.8 Å². The molecule has 0 bridgehead atoms. The normalized spacial score (nSPS) is 12.4. The molecule has 2 aromatic carbocycles. The largest absolute Gasteiger partial charge is 0.480 e. The first-order chi connectivity index (χ1) is 12.9. The van der Waals surface area contributed by atoms with E-state index in [2.05, 4.69) is 5.92 Å². The number of benzene rings is 2. The molecule has 6 heteroatoms. The number of rotatable bonds is 8. The number of hydrogen-bond acceptors (Lipinski definition) is 3. The van der Waals surface area contributed by atoms with Crippen molar-refractivity contribution in [1.29, 1.82) is 0 Å². The number of amides is 2. The molecule has 0 aromatic heterocycles. The van der Waals surface area contributed by atoms with Crippen LogP contribution in [0.2, 0.25) is 0 Å². The van der Waals surface area contributed by atoms with Crippen LogP contribution in [-0.4, -0.2) is 39.9 Å². The van der Waals surface area contributed by atoms with Crippen molar-refractivity contribution in [2.45, 2.75) is 24.9 Å². The Hall–Kier alpha value is -3.59. The number of hydrogen-bond donors (Lipinski definition) is 2. The Labute approximate surface area is 157 Å². The molecule has 2 aromatic rings. The van der Waals surface area contributed by atoms with Gasteiger partial charge in [0.05, 0.1) is 6.42 Å². The molecule has 0 saturated carbocycles. The van der Waals surface area contributed by atoms with E-state index in [-0.39, 0.29) is 18.4 Å². The van der Waals surface area contributed by atoms with Gasteiger partial charge in [-0.1, -0.05) is 54.5 Å². The summed E-state index contributed by atoms with van der Waals surface area (Å²) in [5.41, 5.74) is 6.26. The number of nitrogens with two attached hydrogens (primary N) is 1. The zero-order valence-corrected chi connectivity index (χ0v) is 14.6. The van der Waals surface area contributed by atoms with Crippen LogP contribution in [0.1, 0.15) is 22.3 Å². The molecule has 0 spiro atoms. The molecule has 138 valence electrons. The van der Waals surface area contributed by atoms with Gasteiger partial charge in [-0.2, -0.15) is 0 Å². The monoisotopic (exact) mass is 364 g/mol. The second-order valence-electron chi connectivity index (χ2n) is 5.98. The fourth-order valence-corrected chi connectivity index (χ4v) is 2.80. The van der Waals surface area contributed by atoms with Crippen molar-refractivity contribution in [3.05, 3.63) is 71.8 Å². The van der Waals surface area contributed by atoms with Crippen molar-refractivity contribution < 1.29 is 19.5 Å². The van der Waals surface area contributed by atoms with E-state index in [0.717, 1.165) is 10.5 Å². The number of carboxylic acids is 1. The molecular weight excluding hydrogens is 344 g/mol. The minimum atomic E-state index is -1.25. The molecule has 1 unspecified atom stereocenters. The smallest absolute Gasteiger partial charge is 0.326 e. The Balaban J connectivity index is 2.47. The second kappa shape index (κ2) is 9.20. The molecule has 0 radical (unpaired) electrons. The summed E-state index contributed by atoms with van der Waals surface area (Å²) in [5, 5.41) is 9.80. The quantitative estimate of drug-likeness (QED) is 0.696. The molecule has 2 atom stereocenters. The van der Waals surface area contributed by atoms with Crippen molar-refractivity contribution in [2.24, 2.45) is 5.73 Å². The maximum absolute atomic E-state index is 13.1. The summed E-state index contributed by atoms with van der Waals surface area (Å²) in [6.45, 7) is 0. The van der Waals surface area contributed by atoms with Crippen molar-refractivity contribution in [1.82, 2.24) is 4.90 Å². The van der Waals surface area contributed by atoms with Gasteiger partial charge in [-0.05, 0) is 17.7 Å². The third-order valence-electron chi connectivity index (χ3n) is 4.07. The Morgan fingerprint density at radius 1 is 1.04 bits per heavy atom. The summed E-state index contributed by atoms with van der Waals surface area (Å²) in [6.07, 6.45) is 5.25. The van der Waals surface area contributed by atoms with E-state index in [1.807, 2.05) is 6.07 Å². The van der Waals surface area contributed by atoms with Gasteiger partial charge < -0.3 is 15.7 Å². The number of carbonyl (C=O) groups excluding carboxylic acids is 2. The highest BCUT2D eigenvalue weighted by molar-refractivity contribution is 5.97. The van der Waals surface area contributed by atoms with Gasteiger partial charge >= 0.3 is 5.97 Å². The van der Waals surface area contributed by atoms with E-state index < -0.39 is 29.9 Å². The summed E-state index contributed by atoms with van der Waals surface area (Å²) in [7, 11) is 0. The first kappa shape index (κ1) is 19.7. The number of carboxylic acid groups (broad SMARTS) is 1. The molecule has 0 fully saturated rings. The molecule has 0 heterocycles. The maximum atomic E-state index is 13.1. The lowest BCUT2D eigenvalue weighted by molar-refractivity contribution is -0.143. The molecule has 2 rings (SSSR count). The molecule has 0 saturated heterocycles. The fraction of sp³-hybridized carbons (Fsp3) is 0.190. The number of aliphatic carboxylic acids is 1. The average Bonchev–Trinajstić information content (AvgIpc) is 2.67. The van der Waals surface area contributed by atoms with E-state index in [4.69, 9.17) is 12.2 Å². The van der Waals surface area contributed by atoms with Gasteiger partial charge in [0.2, 0.25) is 5.91 Å². The second-order valence-corrected chi connectivity index (χ2v) is 5.98. The minimum Gasteiger partial charge on any atom is -0.480 e. The summed E-state index contributed by atoms with van der Waals surface area (Å²) in [4.78, 5) is 37.6. The van der Waals surface area contributed by atoms with E-state index in [9.17, 15) is 19.5 Å². The van der Waals surface area contributed by atoms with Gasteiger partial charge in [0.1, 0.15) is 12.1 Å². The summed E-state index contributed by atoms with van der Waals surface area (Å²) < 4.78 is 0. The van der Waals surface area contributed by atoms with Crippen molar-refractivity contribution in [3.63, 3.8) is 0 Å². The first-order valence-electron chi connectivity index (χ1n) is 8.33. The topological polar surface area (TPSA) is 101 Å². The summed E-state index contributed by atoms with van der Waals surface area (Å²) in [5.74, 6) is -0.150. The third-order valence-corrected chi connectivity index (χ3v) is 4.07. The average molecular weight is 364 g/mol. The third kappa shape index (κ3) is 5.19. The van der Waals surface area contributed by atoms with Gasteiger partial charge in [0, 0.05) is 12.0 Å². The highest BCUT2D eigenvalue weighted by Crippen LogP contribution is 2.19. The fourth-order valence-electron chi connectivity index (χ4n) is 2.80. The van der Waals surface area contributed by atoms with Crippen LogP contribution in [0.5, 0.6) is 0 Å². The highest BCUT2D eigenvalue weighted by Gasteiger charge is 2.35. The lowest BCUT2D eigenvalue weighted by Crippen LogP contribution is -2.52. The Kier molecular flexibility index (Phi) is 6.73. The number of primary amides is 1. The molecule has 0 aliphatic heterocycles. The number of nitrogens with zero attached hydrogens (tertiary/aromatic N) is 1. The Morgan fingerprint density at radius 3 is 2.07 bits per heavy atom. The number of carbonyl (C=O) groups is 3. The first-order valence-corrected chi connectivity index (χ1v) is 8.33. The van der Waals surface area contributed by atoms with Crippen LogP contribution in [0, 0.1) is 12.3 Å². The van der Waals surface area contributed by atoms with Crippen molar-refractivity contribution in [2.75, 3.05) is 0 Å². The van der Waals surface area contributed by atoms with E-state index >= 15 is 0 Å². The van der Waals surface area contributed by atoms with Gasteiger partial charge in [0.15, 0.2) is 0 Å². The summed E-state index contributed by atoms with van der Waals surface area (Å²) >= 11 is 0. The van der Waals surface area contributed by atoms with Gasteiger partial charge in [-0.25, -0.2) is 4.79 Å². The molecular formula is C21H20N2O4. The van der Waals surface area contributed by atoms with Crippen LogP contribution >= 0.6 is 0 Å². The van der Waals surface area contributed by atoms with Crippen LogP contribution in [-0.2, 0) is 16.0 Å². The number of terminal acetylenes is 1. The Bertz CT molecular complexity index is 843. The standard InChI is InChI=1S/C21H20N2O4/c1-2-17(14-19(22)24)23(20(25)16-11-7-4-8-12-16)18(21(26)27)13-15-9-5-3-6-10-15/h1,3-12,17-18H,13-14H2,(H2,22,24)(H,26,27)/t17?,18-/m0/s1. The van der Waals surface area contributed by atoms with Gasteiger partial charge in [0.25, 0.3) is 5.91 Å². The van der Waals surface area contributed by atoms with Crippen LogP contribution in [0.15, 0.2) is 60.7 Å². The zero-order chi connectivity index (χ0) is 19.8. The minimum absolute atomic E-state index is 0.0473. The van der Waals surface area contributed by atoms with Gasteiger partial charge in [-0.15, -0.1) is 6.42 Å². The highest BCUT2D eigenvalue weighted by atomic mass is 16.4. The van der Waals surface area contributed by atoms with Crippen LogP contribution in [0.25, 0.3) is 0 Å². The van der Waals surface area contributed by atoms with E-state index in [1.54, 1.807) is 54.6 Å². The van der Waals surface area contributed by atoms with Crippen LogP contribution in [0.3, 0.4) is 0 Å². The predicted molar refractivity (Wildman–Crippen MR) is 101 cm³/mol. The SMILES string of the molecule is C#CC(CC(N)=O)N(C(=O)c1ccccc1)[C@@H](Cc1ccccc1)C(=O)O. The van der Waals surface area contributed by atoms with Crippen molar-refractivity contribution in [3.8, 4) is 12.3 Å². The van der Waals surface area contributed by atoms with Crippen LogP contribution < -0.4 is 5.73 Å². The van der Waals surface area contributed by atoms with Crippen LogP contribution in [0.4, 0.5) is 0 Å². The summed E-state index contributed by atoms with van der Waals surface area (Å²) in [6, 6.07) is 14.8. The lowest BCUT2D eigenvalue weighted by Gasteiger charge is -2.33. The van der Waals surface area contributed by atoms with E-state index in [1.165, 1.54) is 0 Å². The predicted octanol–water partition coefficient (Wildman–Crippen LogP) is 1.70. The Morgan fingerprint density at radius 2 is 1.59 bits per heavy atom. The van der Waals surface area contributed by atoms with Gasteiger partial charge in [-0.3, -0.25) is 9.59 Å². The van der Waals surface area contributed by atoms with E-state index in [0.29, 0.717) is 0 Å². The zero-order valence-electron chi connectivity index (χ0n) is 14.6.